The lowest BCUT2D eigenvalue weighted by Crippen LogP contribution is -2.37. The third kappa shape index (κ3) is 3.46. The summed E-state index contributed by atoms with van der Waals surface area (Å²) in [6.45, 7) is 1.86. The highest BCUT2D eigenvalue weighted by Gasteiger charge is 2.17. The van der Waals surface area contributed by atoms with Gasteiger partial charge < -0.3 is 10.6 Å². The lowest BCUT2D eigenvalue weighted by atomic mass is 10.2. The van der Waals surface area contributed by atoms with E-state index in [0.717, 1.165) is 39.6 Å². The quantitative estimate of drug-likeness (QED) is 0.868. The minimum atomic E-state index is 0.0583. The number of hydrogen-bond donors (Lipinski definition) is 2. The van der Waals surface area contributed by atoms with Crippen LogP contribution in [0.3, 0.4) is 0 Å². The maximum absolute atomic E-state index is 11.9. The van der Waals surface area contributed by atoms with Gasteiger partial charge in [-0.1, -0.05) is 0 Å². The number of thiazole rings is 1. The number of nitrogens with one attached hydrogen (secondary N) is 2. The lowest BCUT2D eigenvalue weighted by Gasteiger charge is -2.10. The molecule has 0 aromatic carbocycles. The molecule has 1 unspecified atom stereocenters. The molecule has 106 valence electrons. The van der Waals surface area contributed by atoms with E-state index < -0.39 is 0 Å². The minimum absolute atomic E-state index is 0.0583. The van der Waals surface area contributed by atoms with Crippen LogP contribution in [0.5, 0.6) is 0 Å². The summed E-state index contributed by atoms with van der Waals surface area (Å²) in [6, 6.07) is 2.33. The number of amides is 1. The van der Waals surface area contributed by atoms with Gasteiger partial charge in [0.1, 0.15) is 5.01 Å². The highest BCUT2D eigenvalue weighted by molar-refractivity contribution is 9.10. The van der Waals surface area contributed by atoms with Crippen LogP contribution in [-0.4, -0.2) is 30.0 Å². The molecule has 0 spiro atoms. The zero-order chi connectivity index (χ0) is 13.9. The van der Waals surface area contributed by atoms with Crippen molar-refractivity contribution in [2.45, 2.75) is 18.9 Å². The Hall–Kier alpha value is -0.760. The van der Waals surface area contributed by atoms with Crippen molar-refractivity contribution in [3.8, 4) is 9.88 Å². The van der Waals surface area contributed by atoms with Gasteiger partial charge in [0.2, 0.25) is 5.91 Å². The molecule has 1 fully saturated rings. The molecule has 20 heavy (non-hydrogen) atoms. The van der Waals surface area contributed by atoms with E-state index in [9.17, 15) is 4.79 Å². The molecular weight excluding hydrogens is 358 g/mol. The molecule has 7 heteroatoms. The molecule has 1 saturated heterocycles. The fraction of sp³-hybridized carbons (Fsp3) is 0.385. The van der Waals surface area contributed by atoms with Crippen LogP contribution in [0.1, 0.15) is 12.1 Å². The smallest absolute Gasteiger partial charge is 0.226 e. The summed E-state index contributed by atoms with van der Waals surface area (Å²) in [5, 5.41) is 11.3. The molecule has 1 aliphatic heterocycles. The second-order valence-electron chi connectivity index (χ2n) is 4.71. The molecule has 1 atom stereocenters. The Kier molecular flexibility index (Phi) is 4.50. The number of hydrogen-bond acceptors (Lipinski definition) is 5. The van der Waals surface area contributed by atoms with Gasteiger partial charge in [0.25, 0.3) is 0 Å². The summed E-state index contributed by atoms with van der Waals surface area (Å²) >= 11 is 6.68. The largest absolute Gasteiger partial charge is 0.352 e. The number of carbonyl (C=O) groups excluding carboxylic acids is 1. The first-order chi connectivity index (χ1) is 9.70. The van der Waals surface area contributed by atoms with Crippen molar-refractivity contribution in [1.82, 2.24) is 15.6 Å². The van der Waals surface area contributed by atoms with Gasteiger partial charge in [0.05, 0.1) is 17.0 Å². The Balaban J connectivity index is 1.60. The summed E-state index contributed by atoms with van der Waals surface area (Å²) < 4.78 is 1.07. The van der Waals surface area contributed by atoms with Gasteiger partial charge in [-0.15, -0.1) is 22.7 Å². The van der Waals surface area contributed by atoms with E-state index in [2.05, 4.69) is 37.6 Å². The molecular formula is C13H14BrN3OS2. The number of carbonyl (C=O) groups is 1. The molecule has 3 rings (SSSR count). The van der Waals surface area contributed by atoms with Gasteiger partial charge in [-0.3, -0.25) is 4.79 Å². The van der Waals surface area contributed by atoms with Crippen LogP contribution in [0, 0.1) is 0 Å². The molecule has 3 heterocycles. The van der Waals surface area contributed by atoms with Gasteiger partial charge >= 0.3 is 0 Å². The monoisotopic (exact) mass is 371 g/mol. The van der Waals surface area contributed by atoms with Crippen molar-refractivity contribution >= 4 is 44.5 Å². The summed E-state index contributed by atoms with van der Waals surface area (Å²) in [5.41, 5.74) is 0.845. The van der Waals surface area contributed by atoms with Gasteiger partial charge in [-0.05, 0) is 35.0 Å². The minimum Gasteiger partial charge on any atom is -0.352 e. The number of halogens is 1. The average Bonchev–Trinajstić information content (AvgIpc) is 3.10. The highest BCUT2D eigenvalue weighted by Crippen LogP contribution is 2.32. The molecule has 1 aliphatic rings. The van der Waals surface area contributed by atoms with Crippen LogP contribution >= 0.6 is 38.6 Å². The third-order valence-electron chi connectivity index (χ3n) is 3.10. The average molecular weight is 372 g/mol. The number of rotatable bonds is 4. The Morgan fingerprint density at radius 3 is 3.10 bits per heavy atom. The molecule has 0 bridgehead atoms. The molecule has 2 aromatic rings. The van der Waals surface area contributed by atoms with Crippen molar-refractivity contribution in [1.29, 1.82) is 0 Å². The lowest BCUT2D eigenvalue weighted by molar-refractivity contribution is -0.121. The predicted molar refractivity (Wildman–Crippen MR) is 86.2 cm³/mol. The van der Waals surface area contributed by atoms with E-state index in [0.29, 0.717) is 6.42 Å². The van der Waals surface area contributed by atoms with Crippen LogP contribution in [0.25, 0.3) is 9.88 Å². The second kappa shape index (κ2) is 6.34. The molecule has 2 N–H and O–H groups in total. The SMILES string of the molecule is O=C(Cc1csc(-c2cc(Br)cs2)n1)NC1CCNC1. The van der Waals surface area contributed by atoms with E-state index in [1.165, 1.54) is 0 Å². The standard InChI is InChI=1S/C13H14BrN3OS2/c14-8-3-11(19-6-8)13-17-10(7-20-13)4-12(18)16-9-1-2-15-5-9/h3,6-7,9,15H,1-2,4-5H2,(H,16,18). The first kappa shape index (κ1) is 14.2. The van der Waals surface area contributed by atoms with Crippen LogP contribution in [-0.2, 0) is 11.2 Å². The van der Waals surface area contributed by atoms with E-state index in [1.54, 1.807) is 22.7 Å². The first-order valence-corrected chi connectivity index (χ1v) is 8.95. The number of nitrogens with zero attached hydrogens (tertiary/aromatic N) is 1. The predicted octanol–water partition coefficient (Wildman–Crippen LogP) is 2.65. The first-order valence-electron chi connectivity index (χ1n) is 6.39. The van der Waals surface area contributed by atoms with E-state index >= 15 is 0 Å². The van der Waals surface area contributed by atoms with Gasteiger partial charge in [-0.25, -0.2) is 4.98 Å². The zero-order valence-electron chi connectivity index (χ0n) is 10.7. The Bertz CT molecular complexity index is 604. The zero-order valence-corrected chi connectivity index (χ0v) is 13.9. The number of thiophene rings is 1. The van der Waals surface area contributed by atoms with Crippen LogP contribution < -0.4 is 10.6 Å². The highest BCUT2D eigenvalue weighted by atomic mass is 79.9. The Labute approximate surface area is 133 Å². The summed E-state index contributed by atoms with van der Waals surface area (Å²) in [7, 11) is 0. The van der Waals surface area contributed by atoms with Crippen molar-refractivity contribution in [2.75, 3.05) is 13.1 Å². The van der Waals surface area contributed by atoms with E-state index in [-0.39, 0.29) is 11.9 Å². The van der Waals surface area contributed by atoms with E-state index in [4.69, 9.17) is 0 Å². The van der Waals surface area contributed by atoms with Crippen molar-refractivity contribution in [2.24, 2.45) is 0 Å². The van der Waals surface area contributed by atoms with Gasteiger partial charge in [0.15, 0.2) is 0 Å². The maximum atomic E-state index is 11.9. The van der Waals surface area contributed by atoms with Crippen molar-refractivity contribution < 1.29 is 4.79 Å². The normalized spacial score (nSPS) is 18.4. The Morgan fingerprint density at radius 2 is 2.40 bits per heavy atom. The van der Waals surface area contributed by atoms with Gasteiger partial charge in [0, 0.05) is 27.8 Å². The summed E-state index contributed by atoms with van der Waals surface area (Å²) in [6.07, 6.45) is 1.37. The summed E-state index contributed by atoms with van der Waals surface area (Å²) in [5.74, 6) is 0.0583. The molecule has 0 aliphatic carbocycles. The maximum Gasteiger partial charge on any atom is 0.226 e. The third-order valence-corrected chi connectivity index (χ3v) is 5.85. The summed E-state index contributed by atoms with van der Waals surface area (Å²) in [4.78, 5) is 17.6. The Morgan fingerprint density at radius 1 is 1.50 bits per heavy atom. The van der Waals surface area contributed by atoms with Crippen LogP contribution in [0.15, 0.2) is 21.3 Å². The molecule has 2 aromatic heterocycles. The van der Waals surface area contributed by atoms with Crippen LogP contribution in [0.4, 0.5) is 0 Å². The van der Waals surface area contributed by atoms with E-state index in [1.807, 2.05) is 10.8 Å². The molecule has 1 amide bonds. The fourth-order valence-corrected chi connectivity index (χ4v) is 4.47. The molecule has 4 nitrogen and oxygen atoms in total. The van der Waals surface area contributed by atoms with Crippen molar-refractivity contribution in [3.63, 3.8) is 0 Å². The topological polar surface area (TPSA) is 54.0 Å². The second-order valence-corrected chi connectivity index (χ2v) is 7.39. The molecule has 0 saturated carbocycles. The number of aromatic nitrogens is 1. The fourth-order valence-electron chi connectivity index (χ4n) is 2.15. The van der Waals surface area contributed by atoms with Gasteiger partial charge in [-0.2, -0.15) is 0 Å². The van der Waals surface area contributed by atoms with Crippen LogP contribution in [0.2, 0.25) is 0 Å². The molecule has 0 radical (unpaired) electrons. The van der Waals surface area contributed by atoms with Crippen molar-refractivity contribution in [3.05, 3.63) is 27.0 Å².